The van der Waals surface area contributed by atoms with E-state index in [2.05, 4.69) is 19.0 Å². The maximum atomic E-state index is 15.1. The van der Waals surface area contributed by atoms with Crippen molar-refractivity contribution < 1.29 is 17.2 Å². The van der Waals surface area contributed by atoms with Gasteiger partial charge in [-0.15, -0.1) is 0 Å². The van der Waals surface area contributed by atoms with Crippen molar-refractivity contribution in [2.45, 2.75) is 43.2 Å². The van der Waals surface area contributed by atoms with Crippen LogP contribution in [0.2, 0.25) is 0 Å². The van der Waals surface area contributed by atoms with E-state index in [1.54, 1.807) is 0 Å². The molecule has 6 nitrogen and oxygen atoms in total. The molecular formula is C21H22F2N4O2S2. The number of benzene rings is 2. The average Bonchev–Trinajstić information content (AvgIpc) is 3.27. The van der Waals surface area contributed by atoms with E-state index in [1.807, 2.05) is 37.3 Å². The lowest BCUT2D eigenvalue weighted by Gasteiger charge is -2.40. The molecule has 1 N–H and O–H groups in total. The van der Waals surface area contributed by atoms with Crippen molar-refractivity contribution in [3.05, 3.63) is 71.6 Å². The molecule has 0 saturated carbocycles. The van der Waals surface area contributed by atoms with Gasteiger partial charge in [0.1, 0.15) is 22.9 Å². The molecule has 0 unspecified atom stereocenters. The predicted molar refractivity (Wildman–Crippen MR) is 115 cm³/mol. The van der Waals surface area contributed by atoms with Gasteiger partial charge in [0.25, 0.3) is 10.0 Å². The van der Waals surface area contributed by atoms with Gasteiger partial charge < -0.3 is 0 Å². The molecule has 1 saturated heterocycles. The van der Waals surface area contributed by atoms with Crippen molar-refractivity contribution in [1.82, 2.24) is 14.3 Å². The monoisotopic (exact) mass is 464 g/mol. The molecule has 2 atom stereocenters. The molecule has 1 aliphatic rings. The van der Waals surface area contributed by atoms with Crippen LogP contribution in [0.4, 0.5) is 13.9 Å². The van der Waals surface area contributed by atoms with E-state index in [4.69, 9.17) is 0 Å². The first-order chi connectivity index (χ1) is 14.9. The number of halogens is 2. The normalized spacial score (nSPS) is 18.6. The lowest BCUT2D eigenvalue weighted by atomic mass is 9.92. The summed E-state index contributed by atoms with van der Waals surface area (Å²) in [5, 5.41) is -0.0173. The number of likely N-dealkylation sites (tertiary alicyclic amines) is 1. The van der Waals surface area contributed by atoms with E-state index in [9.17, 15) is 12.8 Å². The van der Waals surface area contributed by atoms with Gasteiger partial charge in [0.2, 0.25) is 5.13 Å². The van der Waals surface area contributed by atoms with Crippen molar-refractivity contribution in [2.24, 2.45) is 0 Å². The summed E-state index contributed by atoms with van der Waals surface area (Å²) in [6, 6.07) is 11.4. The number of hydrogen-bond donors (Lipinski definition) is 1. The minimum atomic E-state index is -4.33. The molecule has 0 aliphatic carbocycles. The summed E-state index contributed by atoms with van der Waals surface area (Å²) in [5.41, 5.74) is 1.27. The van der Waals surface area contributed by atoms with Crippen LogP contribution in [0.15, 0.2) is 53.7 Å². The van der Waals surface area contributed by atoms with Gasteiger partial charge in [-0.05, 0) is 44.0 Å². The lowest BCUT2D eigenvalue weighted by Crippen LogP contribution is -2.36. The molecule has 1 fully saturated rings. The second-order valence-electron chi connectivity index (χ2n) is 7.49. The van der Waals surface area contributed by atoms with Crippen LogP contribution >= 0.6 is 11.5 Å². The Morgan fingerprint density at radius 1 is 1.16 bits per heavy atom. The Labute approximate surface area is 184 Å². The van der Waals surface area contributed by atoms with Gasteiger partial charge in [-0.3, -0.25) is 9.62 Å². The number of rotatable bonds is 6. The van der Waals surface area contributed by atoms with Crippen molar-refractivity contribution in [1.29, 1.82) is 0 Å². The van der Waals surface area contributed by atoms with Gasteiger partial charge in [0.15, 0.2) is 0 Å². The topological polar surface area (TPSA) is 75.2 Å². The molecular weight excluding hydrogens is 442 g/mol. The van der Waals surface area contributed by atoms with Crippen molar-refractivity contribution in [3.8, 4) is 0 Å². The molecule has 2 heterocycles. The predicted octanol–water partition coefficient (Wildman–Crippen LogP) is 4.91. The van der Waals surface area contributed by atoms with E-state index < -0.39 is 32.6 Å². The summed E-state index contributed by atoms with van der Waals surface area (Å²) in [5.74, 6) is -1.77. The van der Waals surface area contributed by atoms with Gasteiger partial charge in [0.05, 0.1) is 0 Å². The first-order valence-electron chi connectivity index (χ1n) is 9.96. The SMILES string of the molecule is C[C@H](c1cc(F)c(S(=O)(=O)Nc2ncns2)cc1F)N1CCCC[C@@H]1c1ccccc1. The standard InChI is InChI=1S/C21H22F2N4O2S2/c1-14(27-10-6-5-9-19(27)15-7-3-2-4-8-15)16-11-18(23)20(12-17(16)22)31(28,29)26-21-24-13-25-30-21/h2-4,7-8,11-14,19H,5-6,9-10H2,1H3,(H,24,25,26)/t14-,19-/m1/s1. The Balaban J connectivity index is 1.64. The zero-order valence-corrected chi connectivity index (χ0v) is 18.5. The third-order valence-electron chi connectivity index (χ3n) is 5.60. The van der Waals surface area contributed by atoms with Gasteiger partial charge in [-0.25, -0.2) is 22.2 Å². The third-order valence-corrected chi connectivity index (χ3v) is 7.66. The molecule has 10 heteroatoms. The summed E-state index contributed by atoms with van der Waals surface area (Å²) < 4.78 is 60.7. The summed E-state index contributed by atoms with van der Waals surface area (Å²) in [4.78, 5) is 5.12. The Kier molecular flexibility index (Phi) is 6.31. The second kappa shape index (κ2) is 8.97. The fourth-order valence-electron chi connectivity index (χ4n) is 4.09. The summed E-state index contributed by atoms with van der Waals surface area (Å²) in [6.45, 7) is 2.58. The fourth-order valence-corrected chi connectivity index (χ4v) is 5.82. The third kappa shape index (κ3) is 4.60. The van der Waals surface area contributed by atoms with E-state index in [-0.39, 0.29) is 16.7 Å². The number of nitrogens with one attached hydrogen (secondary N) is 1. The van der Waals surface area contributed by atoms with E-state index >= 15 is 4.39 Å². The number of piperidine rings is 1. The molecule has 0 radical (unpaired) electrons. The molecule has 0 spiro atoms. The number of aromatic nitrogens is 2. The van der Waals surface area contributed by atoms with Crippen LogP contribution in [-0.2, 0) is 10.0 Å². The van der Waals surface area contributed by atoms with Crippen molar-refractivity contribution in [2.75, 3.05) is 11.3 Å². The molecule has 3 aromatic rings. The maximum absolute atomic E-state index is 15.1. The average molecular weight is 465 g/mol. The highest BCUT2D eigenvalue weighted by atomic mass is 32.2. The summed E-state index contributed by atoms with van der Waals surface area (Å²) in [6.07, 6.45) is 4.13. The Morgan fingerprint density at radius 2 is 1.94 bits per heavy atom. The zero-order chi connectivity index (χ0) is 22.0. The minimum absolute atomic E-state index is 0.0173. The molecule has 164 valence electrons. The largest absolute Gasteiger partial charge is 0.290 e. The number of sulfonamides is 1. The molecule has 4 rings (SSSR count). The quantitative estimate of drug-likeness (QED) is 0.561. The highest BCUT2D eigenvalue weighted by molar-refractivity contribution is 7.93. The minimum Gasteiger partial charge on any atom is -0.290 e. The first kappa shape index (κ1) is 21.8. The molecule has 2 aromatic carbocycles. The summed E-state index contributed by atoms with van der Waals surface area (Å²) >= 11 is 0.805. The molecule has 0 amide bonds. The molecule has 31 heavy (non-hydrogen) atoms. The van der Waals surface area contributed by atoms with E-state index in [0.717, 1.165) is 55.0 Å². The highest BCUT2D eigenvalue weighted by Crippen LogP contribution is 2.38. The smallest absolute Gasteiger partial charge is 0.266 e. The van der Waals surface area contributed by atoms with E-state index in [0.29, 0.717) is 0 Å². The zero-order valence-electron chi connectivity index (χ0n) is 16.8. The van der Waals surface area contributed by atoms with Crippen LogP contribution in [0, 0.1) is 11.6 Å². The van der Waals surface area contributed by atoms with Crippen LogP contribution in [0.25, 0.3) is 0 Å². The Morgan fingerprint density at radius 3 is 2.65 bits per heavy atom. The van der Waals surface area contributed by atoms with Crippen LogP contribution in [-0.4, -0.2) is 29.2 Å². The lowest BCUT2D eigenvalue weighted by molar-refractivity contribution is 0.101. The molecule has 1 aromatic heterocycles. The highest BCUT2D eigenvalue weighted by Gasteiger charge is 2.31. The first-order valence-corrected chi connectivity index (χ1v) is 12.2. The maximum Gasteiger partial charge on any atom is 0.266 e. The van der Waals surface area contributed by atoms with Crippen molar-refractivity contribution in [3.63, 3.8) is 0 Å². The Hall–Kier alpha value is -2.43. The summed E-state index contributed by atoms with van der Waals surface area (Å²) in [7, 11) is -4.33. The molecule has 0 bridgehead atoms. The molecule has 1 aliphatic heterocycles. The number of nitrogens with zero attached hydrogens (tertiary/aromatic N) is 3. The van der Waals surface area contributed by atoms with E-state index in [1.165, 1.54) is 6.33 Å². The van der Waals surface area contributed by atoms with Gasteiger partial charge in [0, 0.05) is 29.2 Å². The van der Waals surface area contributed by atoms with Crippen LogP contribution in [0.3, 0.4) is 0 Å². The second-order valence-corrected chi connectivity index (χ2v) is 9.92. The van der Waals surface area contributed by atoms with Crippen molar-refractivity contribution >= 4 is 26.7 Å². The van der Waals surface area contributed by atoms with Gasteiger partial charge in [-0.2, -0.15) is 4.37 Å². The van der Waals surface area contributed by atoms with Crippen LogP contribution in [0.1, 0.15) is 49.4 Å². The fraction of sp³-hybridized carbons (Fsp3) is 0.333. The number of hydrogen-bond acceptors (Lipinski definition) is 6. The van der Waals surface area contributed by atoms with Crippen LogP contribution in [0.5, 0.6) is 0 Å². The van der Waals surface area contributed by atoms with Crippen LogP contribution < -0.4 is 4.72 Å². The van der Waals surface area contributed by atoms with Gasteiger partial charge >= 0.3 is 0 Å². The van der Waals surface area contributed by atoms with Gasteiger partial charge in [-0.1, -0.05) is 36.8 Å². The number of anilines is 1. The Bertz CT molecular complexity index is 1140.